The Morgan fingerprint density at radius 1 is 1.39 bits per heavy atom. The van der Waals surface area contributed by atoms with Gasteiger partial charge in [-0.3, -0.25) is 9.59 Å². The average molecular weight is 257 g/mol. The molecule has 0 heterocycles. The number of hydrogen-bond acceptors (Lipinski definition) is 3. The first-order valence-electron chi connectivity index (χ1n) is 6.49. The largest absolute Gasteiger partial charge is 0.481 e. The summed E-state index contributed by atoms with van der Waals surface area (Å²) in [5.74, 6) is -0.411. The summed E-state index contributed by atoms with van der Waals surface area (Å²) >= 11 is 0. The number of nitrogens with one attached hydrogen (secondary N) is 1. The van der Waals surface area contributed by atoms with Gasteiger partial charge >= 0.3 is 5.97 Å². The molecule has 0 spiro atoms. The molecule has 0 aromatic rings. The van der Waals surface area contributed by atoms with Crippen LogP contribution in [0, 0.1) is 11.3 Å². The number of ether oxygens (including phenoxy) is 1. The molecule has 5 nitrogen and oxygen atoms in total. The van der Waals surface area contributed by atoms with E-state index in [9.17, 15) is 9.59 Å². The Morgan fingerprint density at radius 3 is 2.61 bits per heavy atom. The lowest BCUT2D eigenvalue weighted by Crippen LogP contribution is -2.34. The van der Waals surface area contributed by atoms with Crippen molar-refractivity contribution in [3.05, 3.63) is 0 Å². The van der Waals surface area contributed by atoms with Crippen LogP contribution in [0.5, 0.6) is 0 Å². The van der Waals surface area contributed by atoms with Crippen LogP contribution in [-0.4, -0.2) is 36.7 Å². The van der Waals surface area contributed by atoms with Crippen LogP contribution in [0.25, 0.3) is 0 Å². The summed E-state index contributed by atoms with van der Waals surface area (Å²) in [4.78, 5) is 22.3. The number of carbonyl (C=O) groups excluding carboxylic acids is 1. The van der Waals surface area contributed by atoms with Crippen molar-refractivity contribution in [1.82, 2.24) is 5.32 Å². The molecule has 1 aliphatic carbocycles. The van der Waals surface area contributed by atoms with Crippen molar-refractivity contribution < 1.29 is 19.4 Å². The molecule has 1 rings (SSSR count). The first kappa shape index (κ1) is 15.0. The summed E-state index contributed by atoms with van der Waals surface area (Å²) in [6.07, 6.45) is 3.33. The normalized spacial score (nSPS) is 15.4. The Labute approximate surface area is 108 Å². The van der Waals surface area contributed by atoms with Gasteiger partial charge in [0, 0.05) is 26.2 Å². The van der Waals surface area contributed by atoms with Crippen LogP contribution >= 0.6 is 0 Å². The van der Waals surface area contributed by atoms with Crippen LogP contribution in [-0.2, 0) is 14.3 Å². The Bertz CT molecular complexity index is 297. The minimum absolute atomic E-state index is 0.00522. The lowest BCUT2D eigenvalue weighted by molar-refractivity contribution is -0.149. The highest BCUT2D eigenvalue weighted by atomic mass is 16.5. The predicted molar refractivity (Wildman–Crippen MR) is 67.2 cm³/mol. The van der Waals surface area contributed by atoms with E-state index >= 15 is 0 Å². The molecule has 0 saturated heterocycles. The van der Waals surface area contributed by atoms with E-state index in [-0.39, 0.29) is 12.3 Å². The fourth-order valence-electron chi connectivity index (χ4n) is 1.48. The van der Waals surface area contributed by atoms with Gasteiger partial charge in [-0.1, -0.05) is 0 Å². The lowest BCUT2D eigenvalue weighted by Gasteiger charge is -2.18. The zero-order chi connectivity index (χ0) is 13.6. The minimum Gasteiger partial charge on any atom is -0.481 e. The maximum Gasteiger partial charge on any atom is 0.309 e. The van der Waals surface area contributed by atoms with Crippen molar-refractivity contribution >= 4 is 11.9 Å². The molecule has 5 heteroatoms. The van der Waals surface area contributed by atoms with Crippen molar-refractivity contribution in [2.75, 3.05) is 19.8 Å². The molecule has 0 radical (unpaired) electrons. The Morgan fingerprint density at radius 2 is 2.06 bits per heavy atom. The second-order valence-corrected chi connectivity index (χ2v) is 5.59. The molecule has 0 bridgehead atoms. The van der Waals surface area contributed by atoms with Gasteiger partial charge in [0.2, 0.25) is 5.91 Å². The fraction of sp³-hybridized carbons (Fsp3) is 0.846. The first-order chi connectivity index (χ1) is 8.42. The second kappa shape index (κ2) is 6.73. The summed E-state index contributed by atoms with van der Waals surface area (Å²) in [5, 5.41) is 11.6. The van der Waals surface area contributed by atoms with E-state index in [1.165, 1.54) is 12.8 Å². The van der Waals surface area contributed by atoms with E-state index < -0.39 is 11.4 Å². The molecule has 1 fully saturated rings. The summed E-state index contributed by atoms with van der Waals surface area (Å²) in [5.41, 5.74) is -1.01. The standard InChI is InChI=1S/C13H23NO4/c1-13(2,12(16)17)8-11(15)14-6-3-7-18-9-10-4-5-10/h10H,3-9H2,1-2H3,(H,14,15)(H,16,17). The Balaban J connectivity index is 2.00. The summed E-state index contributed by atoms with van der Waals surface area (Å²) < 4.78 is 5.43. The smallest absolute Gasteiger partial charge is 0.309 e. The minimum atomic E-state index is -1.01. The monoisotopic (exact) mass is 257 g/mol. The molecule has 2 N–H and O–H groups in total. The zero-order valence-electron chi connectivity index (χ0n) is 11.2. The van der Waals surface area contributed by atoms with Gasteiger partial charge in [0.15, 0.2) is 0 Å². The van der Waals surface area contributed by atoms with Gasteiger partial charge in [-0.25, -0.2) is 0 Å². The molecule has 0 aliphatic heterocycles. The van der Waals surface area contributed by atoms with Crippen molar-refractivity contribution in [3.8, 4) is 0 Å². The predicted octanol–water partition coefficient (Wildman–Crippen LogP) is 1.42. The molecule has 104 valence electrons. The van der Waals surface area contributed by atoms with E-state index in [0.717, 1.165) is 18.9 Å². The summed E-state index contributed by atoms with van der Waals surface area (Å²) in [6.45, 7) is 5.12. The van der Waals surface area contributed by atoms with Gasteiger partial charge in [-0.15, -0.1) is 0 Å². The maximum atomic E-state index is 11.5. The maximum absolute atomic E-state index is 11.5. The van der Waals surface area contributed by atoms with Gasteiger partial charge in [-0.2, -0.15) is 0 Å². The number of amides is 1. The van der Waals surface area contributed by atoms with Crippen molar-refractivity contribution in [2.24, 2.45) is 11.3 Å². The van der Waals surface area contributed by atoms with Gasteiger partial charge in [0.25, 0.3) is 0 Å². The van der Waals surface area contributed by atoms with E-state index in [4.69, 9.17) is 9.84 Å². The highest BCUT2D eigenvalue weighted by molar-refractivity contribution is 5.84. The van der Waals surface area contributed by atoms with Gasteiger partial charge in [-0.05, 0) is 39.0 Å². The van der Waals surface area contributed by atoms with Gasteiger partial charge < -0.3 is 15.2 Å². The lowest BCUT2D eigenvalue weighted by atomic mass is 9.89. The molecule has 1 saturated carbocycles. The van der Waals surface area contributed by atoms with Crippen LogP contribution < -0.4 is 5.32 Å². The molecule has 1 amide bonds. The quantitative estimate of drug-likeness (QED) is 0.612. The van der Waals surface area contributed by atoms with Crippen LogP contribution in [0.1, 0.15) is 39.5 Å². The highest BCUT2D eigenvalue weighted by Gasteiger charge is 2.29. The highest BCUT2D eigenvalue weighted by Crippen LogP contribution is 2.28. The number of rotatable bonds is 9. The molecule has 0 unspecified atom stereocenters. The Hall–Kier alpha value is -1.10. The molecule has 0 aromatic heterocycles. The summed E-state index contributed by atoms with van der Waals surface area (Å²) in [6, 6.07) is 0. The third kappa shape index (κ3) is 6.00. The van der Waals surface area contributed by atoms with Crippen molar-refractivity contribution in [3.63, 3.8) is 0 Å². The van der Waals surface area contributed by atoms with Gasteiger partial charge in [0.1, 0.15) is 0 Å². The molecule has 1 aliphatic rings. The average Bonchev–Trinajstić information content (AvgIpc) is 3.06. The van der Waals surface area contributed by atoms with Crippen LogP contribution in [0.2, 0.25) is 0 Å². The number of aliphatic carboxylic acids is 1. The fourth-order valence-corrected chi connectivity index (χ4v) is 1.48. The van der Waals surface area contributed by atoms with E-state index in [1.807, 2.05) is 0 Å². The number of carbonyl (C=O) groups is 2. The Kier molecular flexibility index (Phi) is 5.59. The van der Waals surface area contributed by atoms with Gasteiger partial charge in [0.05, 0.1) is 5.41 Å². The van der Waals surface area contributed by atoms with Crippen molar-refractivity contribution in [1.29, 1.82) is 0 Å². The molecular weight excluding hydrogens is 234 g/mol. The summed E-state index contributed by atoms with van der Waals surface area (Å²) in [7, 11) is 0. The second-order valence-electron chi connectivity index (χ2n) is 5.59. The molecular formula is C13H23NO4. The van der Waals surface area contributed by atoms with Crippen LogP contribution in [0.3, 0.4) is 0 Å². The van der Waals surface area contributed by atoms with E-state index in [0.29, 0.717) is 13.2 Å². The third-order valence-electron chi connectivity index (χ3n) is 3.02. The van der Waals surface area contributed by atoms with Crippen LogP contribution in [0.15, 0.2) is 0 Å². The SMILES string of the molecule is CC(C)(CC(=O)NCCCOCC1CC1)C(=O)O. The number of carboxylic acid groups (broad SMARTS) is 1. The molecule has 0 atom stereocenters. The number of carboxylic acids is 1. The molecule has 0 aromatic carbocycles. The topological polar surface area (TPSA) is 75.6 Å². The van der Waals surface area contributed by atoms with Crippen molar-refractivity contribution in [2.45, 2.75) is 39.5 Å². The number of hydrogen-bond donors (Lipinski definition) is 2. The first-order valence-corrected chi connectivity index (χ1v) is 6.49. The van der Waals surface area contributed by atoms with E-state index in [2.05, 4.69) is 5.32 Å². The third-order valence-corrected chi connectivity index (χ3v) is 3.02. The zero-order valence-corrected chi connectivity index (χ0v) is 11.2. The van der Waals surface area contributed by atoms with Crippen LogP contribution in [0.4, 0.5) is 0 Å². The molecule has 18 heavy (non-hydrogen) atoms. The van der Waals surface area contributed by atoms with E-state index in [1.54, 1.807) is 13.8 Å².